The topological polar surface area (TPSA) is 56.6 Å². The van der Waals surface area contributed by atoms with Crippen LogP contribution in [0.15, 0.2) is 12.1 Å². The van der Waals surface area contributed by atoms with E-state index in [1.165, 1.54) is 24.0 Å². The van der Waals surface area contributed by atoms with Crippen LogP contribution < -0.4 is 4.90 Å². The number of benzene rings is 1. The van der Waals surface area contributed by atoms with Crippen molar-refractivity contribution in [2.75, 3.05) is 11.4 Å². The molecule has 0 N–H and O–H groups in total. The molecule has 10 heteroatoms. The molecule has 3 unspecified atom stereocenters. The van der Waals surface area contributed by atoms with Gasteiger partial charge in [0.05, 0.1) is 22.3 Å². The Bertz CT molecular complexity index is 942. The molecule has 0 aromatic heterocycles. The minimum atomic E-state index is -4.85. The van der Waals surface area contributed by atoms with Gasteiger partial charge in [0, 0.05) is 6.54 Å². The Morgan fingerprint density at radius 3 is 2.39 bits per heavy atom. The molecule has 2 heterocycles. The zero-order valence-electron chi connectivity index (χ0n) is 18.5. The molecule has 0 saturated carbocycles. The van der Waals surface area contributed by atoms with E-state index >= 15 is 13.2 Å². The lowest BCUT2D eigenvalue weighted by atomic mass is 9.73. The van der Waals surface area contributed by atoms with Gasteiger partial charge in [-0.15, -0.1) is 0 Å². The molecule has 0 radical (unpaired) electrons. The lowest BCUT2D eigenvalue weighted by Gasteiger charge is -2.46. The van der Waals surface area contributed by atoms with E-state index in [-0.39, 0.29) is 28.4 Å². The molecule has 170 valence electrons. The Kier molecular flexibility index (Phi) is 5.92. The molecule has 2 aliphatic rings. The van der Waals surface area contributed by atoms with Gasteiger partial charge in [0.2, 0.25) is 0 Å². The van der Waals surface area contributed by atoms with Crippen LogP contribution in [0.2, 0.25) is 18.1 Å². The van der Waals surface area contributed by atoms with Crippen LogP contribution in [-0.2, 0) is 4.43 Å². The first-order valence-electron chi connectivity index (χ1n) is 10.2. The van der Waals surface area contributed by atoms with Gasteiger partial charge in [-0.05, 0) is 55.5 Å². The highest BCUT2D eigenvalue weighted by Gasteiger charge is 2.76. The van der Waals surface area contributed by atoms with Crippen molar-refractivity contribution in [3.8, 4) is 6.07 Å². The van der Waals surface area contributed by atoms with E-state index < -0.39 is 44.3 Å². The van der Waals surface area contributed by atoms with Gasteiger partial charge in [-0.25, -0.2) is 4.79 Å². The van der Waals surface area contributed by atoms with Gasteiger partial charge in [-0.3, -0.25) is 4.90 Å². The highest BCUT2D eigenvalue weighted by Crippen LogP contribution is 2.56. The molecule has 3 atom stereocenters. The molecule has 2 fully saturated rings. The van der Waals surface area contributed by atoms with Crippen LogP contribution in [0.1, 0.15) is 38.3 Å². The molecule has 2 saturated heterocycles. The first-order valence-corrected chi connectivity index (χ1v) is 13.4. The summed E-state index contributed by atoms with van der Waals surface area (Å²) in [5.41, 5.74) is -2.89. The molecule has 0 bridgehead atoms. The number of halogens is 4. The quantitative estimate of drug-likeness (QED) is 0.548. The third kappa shape index (κ3) is 3.53. The maximum absolute atomic E-state index is 15.1. The van der Waals surface area contributed by atoms with Crippen molar-refractivity contribution in [2.45, 2.75) is 65.2 Å². The molecule has 3 rings (SSSR count). The van der Waals surface area contributed by atoms with Crippen LogP contribution >= 0.6 is 11.6 Å². The number of nitriles is 1. The summed E-state index contributed by atoms with van der Waals surface area (Å²) in [4.78, 5) is 15.6. The fraction of sp³-hybridized carbons (Fsp3) is 0.619. The lowest BCUT2D eigenvalue weighted by molar-refractivity contribution is -0.260. The van der Waals surface area contributed by atoms with Crippen molar-refractivity contribution >= 4 is 32.4 Å². The number of amides is 2. The number of alkyl halides is 3. The highest BCUT2D eigenvalue weighted by atomic mass is 35.5. The first-order chi connectivity index (χ1) is 14.2. The Labute approximate surface area is 187 Å². The van der Waals surface area contributed by atoms with Gasteiger partial charge in [0.1, 0.15) is 6.07 Å². The van der Waals surface area contributed by atoms with E-state index in [4.69, 9.17) is 16.0 Å². The number of rotatable bonds is 3. The zero-order chi connectivity index (χ0) is 23.5. The number of fused-ring (bicyclic) bond motifs is 1. The molecular weight excluding hydrogens is 447 g/mol. The molecule has 2 amide bonds. The van der Waals surface area contributed by atoms with Crippen LogP contribution in [0.25, 0.3) is 0 Å². The summed E-state index contributed by atoms with van der Waals surface area (Å²) in [5.74, 6) is -0.412. The predicted octanol–water partition coefficient (Wildman–Crippen LogP) is 5.46. The molecular formula is C21H27ClF3N3O2Si. The number of nitrogens with zero attached hydrogens (tertiary/aromatic N) is 3. The molecule has 2 aliphatic heterocycles. The minimum Gasteiger partial charge on any atom is -0.390 e. The molecule has 1 aromatic rings. The van der Waals surface area contributed by atoms with E-state index in [2.05, 4.69) is 0 Å². The fourth-order valence-electron chi connectivity index (χ4n) is 4.93. The van der Waals surface area contributed by atoms with Crippen LogP contribution in [-0.4, -0.2) is 44.5 Å². The molecule has 1 aromatic carbocycles. The predicted molar refractivity (Wildman–Crippen MR) is 116 cm³/mol. The Hall–Kier alpha value is -1.76. The molecule has 0 spiro atoms. The monoisotopic (exact) mass is 473 g/mol. The van der Waals surface area contributed by atoms with Gasteiger partial charge in [0.15, 0.2) is 9.04 Å². The summed E-state index contributed by atoms with van der Waals surface area (Å²) in [6.45, 7) is 10.8. The van der Waals surface area contributed by atoms with Crippen molar-refractivity contribution in [1.82, 2.24) is 4.90 Å². The summed E-state index contributed by atoms with van der Waals surface area (Å²) in [6, 6.07) is 2.71. The molecule has 0 aliphatic carbocycles. The van der Waals surface area contributed by atoms with Crippen LogP contribution in [0.5, 0.6) is 0 Å². The third-order valence-corrected chi connectivity index (χ3v) is 7.54. The Morgan fingerprint density at radius 1 is 1.29 bits per heavy atom. The van der Waals surface area contributed by atoms with Gasteiger partial charge in [-0.2, -0.15) is 18.4 Å². The SMILES string of the molecule is Cc1c(N2C(=O)N3CCC(C(C)(C)C)C3C2(O[SiH](C)C)C(F)(F)F)ccc(C#N)c1Cl. The van der Waals surface area contributed by atoms with Crippen LogP contribution in [0, 0.1) is 29.6 Å². The zero-order valence-corrected chi connectivity index (χ0v) is 20.4. The van der Waals surface area contributed by atoms with Crippen LogP contribution in [0.4, 0.5) is 23.7 Å². The number of hydrogen-bond acceptors (Lipinski definition) is 3. The summed E-state index contributed by atoms with van der Waals surface area (Å²) in [5, 5.41) is 9.27. The lowest BCUT2D eigenvalue weighted by Crippen LogP contribution is -2.67. The van der Waals surface area contributed by atoms with Gasteiger partial charge < -0.3 is 9.33 Å². The number of anilines is 1. The average molecular weight is 474 g/mol. The number of carbonyl (C=O) groups excluding carboxylic acids is 1. The summed E-state index contributed by atoms with van der Waals surface area (Å²) >= 11 is 6.27. The number of urea groups is 1. The number of hydrogen-bond donors (Lipinski definition) is 0. The number of carbonyl (C=O) groups is 1. The van der Waals surface area contributed by atoms with E-state index in [1.807, 2.05) is 26.8 Å². The second kappa shape index (κ2) is 7.68. The Morgan fingerprint density at radius 2 is 1.90 bits per heavy atom. The minimum absolute atomic E-state index is 0.0167. The van der Waals surface area contributed by atoms with Crippen molar-refractivity contribution in [3.05, 3.63) is 28.3 Å². The van der Waals surface area contributed by atoms with Crippen molar-refractivity contribution in [2.24, 2.45) is 11.3 Å². The van der Waals surface area contributed by atoms with Gasteiger partial charge >= 0.3 is 12.2 Å². The van der Waals surface area contributed by atoms with E-state index in [0.717, 1.165) is 4.90 Å². The second-order valence-electron chi connectivity index (χ2n) is 9.56. The molecule has 5 nitrogen and oxygen atoms in total. The maximum atomic E-state index is 15.1. The standard InChI is InChI=1S/C21H27ClF3N3O2Si/c1-12-15(8-7-13(11-26)16(12)22)28-18(29)27-10-9-14(19(2,3)4)17(27)20(28,21(23,24)25)30-31(5)6/h7-8,14,17,31H,9-10H2,1-6H3. The highest BCUT2D eigenvalue weighted by molar-refractivity contribution is 6.48. The van der Waals surface area contributed by atoms with Gasteiger partial charge in [0.25, 0.3) is 5.72 Å². The first kappa shape index (κ1) is 23.9. The summed E-state index contributed by atoms with van der Waals surface area (Å²) in [6.07, 6.45) is -4.37. The fourth-order valence-corrected chi connectivity index (χ4v) is 6.23. The average Bonchev–Trinajstić information content (AvgIpc) is 3.16. The van der Waals surface area contributed by atoms with Crippen molar-refractivity contribution in [1.29, 1.82) is 5.26 Å². The maximum Gasteiger partial charge on any atom is 0.438 e. The van der Waals surface area contributed by atoms with Crippen LogP contribution in [0.3, 0.4) is 0 Å². The smallest absolute Gasteiger partial charge is 0.390 e. The third-order valence-electron chi connectivity index (χ3n) is 6.22. The molecule has 31 heavy (non-hydrogen) atoms. The van der Waals surface area contributed by atoms with E-state index in [9.17, 15) is 10.1 Å². The normalized spacial score (nSPS) is 26.6. The van der Waals surface area contributed by atoms with E-state index in [0.29, 0.717) is 6.42 Å². The summed E-state index contributed by atoms with van der Waals surface area (Å²) < 4.78 is 51.0. The van der Waals surface area contributed by atoms with Crippen molar-refractivity contribution in [3.63, 3.8) is 0 Å². The Balaban J connectivity index is 2.34. The second-order valence-corrected chi connectivity index (χ2v) is 12.3. The largest absolute Gasteiger partial charge is 0.438 e. The van der Waals surface area contributed by atoms with E-state index in [1.54, 1.807) is 13.1 Å². The summed E-state index contributed by atoms with van der Waals surface area (Å²) in [7, 11) is -2.28. The van der Waals surface area contributed by atoms with Crippen molar-refractivity contribution < 1.29 is 22.4 Å². The van der Waals surface area contributed by atoms with Gasteiger partial charge in [-0.1, -0.05) is 32.4 Å².